The molecule has 2 aliphatic heterocycles. The van der Waals surface area contributed by atoms with Gasteiger partial charge in [-0.3, -0.25) is 4.90 Å². The minimum Gasteiger partial charge on any atom is -0.376 e. The van der Waals surface area contributed by atoms with Crippen molar-refractivity contribution in [1.82, 2.24) is 19.9 Å². The van der Waals surface area contributed by atoms with Crippen LogP contribution < -0.4 is 5.32 Å². The van der Waals surface area contributed by atoms with Crippen molar-refractivity contribution in [3.63, 3.8) is 0 Å². The zero-order valence-corrected chi connectivity index (χ0v) is 16.8. The third kappa shape index (κ3) is 3.04. The van der Waals surface area contributed by atoms with Crippen LogP contribution in [0.15, 0.2) is 30.6 Å². The zero-order valence-electron chi connectivity index (χ0n) is 16.8. The zero-order chi connectivity index (χ0) is 20.1. The number of nitriles is 1. The second-order valence-electron chi connectivity index (χ2n) is 8.91. The third-order valence-electron chi connectivity index (χ3n) is 6.64. The van der Waals surface area contributed by atoms with Crippen molar-refractivity contribution in [2.45, 2.75) is 43.9 Å². The Hall–Kier alpha value is -2.95. The van der Waals surface area contributed by atoms with Crippen LogP contribution in [0.5, 0.6) is 0 Å². The average molecular weight is 400 g/mol. The number of hydrogen-bond acceptors (Lipinski definition) is 6. The van der Waals surface area contributed by atoms with Gasteiger partial charge in [0.25, 0.3) is 0 Å². The number of anilines is 1. The van der Waals surface area contributed by atoms with E-state index in [-0.39, 0.29) is 5.41 Å². The maximum absolute atomic E-state index is 9.25. The number of benzene rings is 1. The highest BCUT2D eigenvalue weighted by Crippen LogP contribution is 2.40. The molecule has 0 bridgehead atoms. The SMILES string of the molecule is N#Cc1ccc2[nH]cc(CN3CC[C@@]4(COCc5cnc(NC6CC6)nc54)C3)c2c1. The molecule has 6 rings (SSSR count). The number of H-pyrrole nitrogens is 1. The minimum atomic E-state index is -0.0690. The normalized spacial score (nSPS) is 23.6. The summed E-state index contributed by atoms with van der Waals surface area (Å²) in [5.41, 5.74) is 5.22. The van der Waals surface area contributed by atoms with Gasteiger partial charge in [0.15, 0.2) is 0 Å². The first kappa shape index (κ1) is 17.9. The van der Waals surface area contributed by atoms with E-state index in [2.05, 4.69) is 32.5 Å². The summed E-state index contributed by atoms with van der Waals surface area (Å²) in [7, 11) is 0. The Morgan fingerprint density at radius 3 is 3.17 bits per heavy atom. The largest absolute Gasteiger partial charge is 0.376 e. The number of ether oxygens (including phenoxy) is 1. The molecule has 30 heavy (non-hydrogen) atoms. The molecule has 0 amide bonds. The van der Waals surface area contributed by atoms with Gasteiger partial charge in [0, 0.05) is 48.0 Å². The fourth-order valence-corrected chi connectivity index (χ4v) is 4.90. The van der Waals surface area contributed by atoms with Gasteiger partial charge < -0.3 is 15.0 Å². The van der Waals surface area contributed by atoms with Crippen LogP contribution in [0.4, 0.5) is 5.95 Å². The Balaban J connectivity index is 1.27. The van der Waals surface area contributed by atoms with Gasteiger partial charge in [-0.25, -0.2) is 9.97 Å². The number of nitrogens with one attached hydrogen (secondary N) is 2. The van der Waals surface area contributed by atoms with E-state index in [0.717, 1.165) is 48.5 Å². The average Bonchev–Trinajstić information content (AvgIpc) is 3.37. The second-order valence-corrected chi connectivity index (χ2v) is 8.91. The number of likely N-dealkylation sites (tertiary alicyclic amines) is 1. The minimum absolute atomic E-state index is 0.0690. The Morgan fingerprint density at radius 2 is 2.30 bits per heavy atom. The van der Waals surface area contributed by atoms with Crippen molar-refractivity contribution in [1.29, 1.82) is 5.26 Å². The molecular formula is C23H24N6O. The number of aromatic amines is 1. The molecule has 7 heteroatoms. The van der Waals surface area contributed by atoms with Crippen molar-refractivity contribution >= 4 is 16.9 Å². The van der Waals surface area contributed by atoms with E-state index in [0.29, 0.717) is 24.8 Å². The Bertz CT molecular complexity index is 1160. The van der Waals surface area contributed by atoms with Gasteiger partial charge >= 0.3 is 0 Å². The van der Waals surface area contributed by atoms with Gasteiger partial charge in [0.05, 0.1) is 36.0 Å². The summed E-state index contributed by atoms with van der Waals surface area (Å²) in [6, 6.07) is 8.61. The van der Waals surface area contributed by atoms with Crippen LogP contribution >= 0.6 is 0 Å². The summed E-state index contributed by atoms with van der Waals surface area (Å²) >= 11 is 0. The predicted molar refractivity (Wildman–Crippen MR) is 113 cm³/mol. The van der Waals surface area contributed by atoms with E-state index in [1.807, 2.05) is 24.4 Å². The third-order valence-corrected chi connectivity index (χ3v) is 6.64. The fourth-order valence-electron chi connectivity index (χ4n) is 4.90. The number of aromatic nitrogens is 3. The predicted octanol–water partition coefficient (Wildman–Crippen LogP) is 3.08. The molecule has 0 unspecified atom stereocenters. The van der Waals surface area contributed by atoms with Crippen molar-refractivity contribution in [3.05, 3.63) is 53.0 Å². The van der Waals surface area contributed by atoms with Gasteiger partial charge in [0.1, 0.15) is 0 Å². The maximum Gasteiger partial charge on any atom is 0.223 e. The van der Waals surface area contributed by atoms with Gasteiger partial charge in [-0.15, -0.1) is 0 Å². The summed E-state index contributed by atoms with van der Waals surface area (Å²) in [4.78, 5) is 15.3. The summed E-state index contributed by atoms with van der Waals surface area (Å²) in [6.45, 7) is 4.08. The van der Waals surface area contributed by atoms with E-state index in [1.165, 1.54) is 24.1 Å². The molecule has 2 aromatic heterocycles. The Labute approximate surface area is 175 Å². The van der Waals surface area contributed by atoms with Gasteiger partial charge in [-0.05, 0) is 49.6 Å². The Kier molecular flexibility index (Phi) is 4.05. The van der Waals surface area contributed by atoms with Crippen molar-refractivity contribution in [2.75, 3.05) is 25.0 Å². The van der Waals surface area contributed by atoms with Crippen LogP contribution in [0, 0.1) is 11.3 Å². The molecule has 1 saturated heterocycles. The van der Waals surface area contributed by atoms with E-state index in [1.54, 1.807) is 0 Å². The van der Waals surface area contributed by atoms with E-state index in [4.69, 9.17) is 9.72 Å². The lowest BCUT2D eigenvalue weighted by Crippen LogP contribution is -2.40. The molecule has 3 aromatic rings. The molecule has 1 aromatic carbocycles. The van der Waals surface area contributed by atoms with Gasteiger partial charge in [-0.1, -0.05) is 0 Å². The Morgan fingerprint density at radius 1 is 1.37 bits per heavy atom. The summed E-state index contributed by atoms with van der Waals surface area (Å²) in [5.74, 6) is 0.761. The molecule has 1 spiro atoms. The van der Waals surface area contributed by atoms with Gasteiger partial charge in [-0.2, -0.15) is 5.26 Å². The number of nitrogens with zero attached hydrogens (tertiary/aromatic N) is 4. The van der Waals surface area contributed by atoms with Crippen molar-refractivity contribution in [2.24, 2.45) is 0 Å². The van der Waals surface area contributed by atoms with E-state index in [9.17, 15) is 5.26 Å². The molecule has 2 fully saturated rings. The lowest BCUT2D eigenvalue weighted by atomic mass is 9.80. The van der Waals surface area contributed by atoms with Crippen LogP contribution in [-0.2, 0) is 23.3 Å². The quantitative estimate of drug-likeness (QED) is 0.700. The van der Waals surface area contributed by atoms with E-state index < -0.39 is 0 Å². The molecule has 7 nitrogen and oxygen atoms in total. The highest BCUT2D eigenvalue weighted by atomic mass is 16.5. The number of hydrogen-bond donors (Lipinski definition) is 2. The number of fused-ring (bicyclic) bond motifs is 3. The summed E-state index contributed by atoms with van der Waals surface area (Å²) in [5, 5.41) is 13.8. The smallest absolute Gasteiger partial charge is 0.223 e. The van der Waals surface area contributed by atoms with Crippen LogP contribution in [-0.4, -0.2) is 45.6 Å². The van der Waals surface area contributed by atoms with Crippen LogP contribution in [0.2, 0.25) is 0 Å². The van der Waals surface area contributed by atoms with Gasteiger partial charge in [0.2, 0.25) is 5.95 Å². The lowest BCUT2D eigenvalue weighted by molar-refractivity contribution is 0.0503. The topological polar surface area (TPSA) is 89.9 Å². The fraction of sp³-hybridized carbons (Fsp3) is 0.435. The summed E-state index contributed by atoms with van der Waals surface area (Å²) in [6.07, 6.45) is 7.47. The van der Waals surface area contributed by atoms with Crippen LogP contribution in [0.3, 0.4) is 0 Å². The monoisotopic (exact) mass is 400 g/mol. The summed E-state index contributed by atoms with van der Waals surface area (Å²) < 4.78 is 5.98. The highest BCUT2D eigenvalue weighted by Gasteiger charge is 2.45. The molecule has 1 aliphatic carbocycles. The van der Waals surface area contributed by atoms with Crippen molar-refractivity contribution < 1.29 is 4.74 Å². The van der Waals surface area contributed by atoms with Crippen LogP contribution in [0.1, 0.15) is 41.6 Å². The molecule has 0 radical (unpaired) electrons. The first-order valence-electron chi connectivity index (χ1n) is 10.7. The highest BCUT2D eigenvalue weighted by molar-refractivity contribution is 5.84. The maximum atomic E-state index is 9.25. The lowest BCUT2D eigenvalue weighted by Gasteiger charge is -2.34. The molecule has 152 valence electrons. The van der Waals surface area contributed by atoms with Crippen LogP contribution in [0.25, 0.3) is 10.9 Å². The molecular weight excluding hydrogens is 376 g/mol. The number of rotatable bonds is 4. The molecule has 3 aliphatic rings. The van der Waals surface area contributed by atoms with Crippen molar-refractivity contribution in [3.8, 4) is 6.07 Å². The van der Waals surface area contributed by atoms with E-state index >= 15 is 0 Å². The molecule has 2 N–H and O–H groups in total. The first-order valence-corrected chi connectivity index (χ1v) is 10.7. The molecule has 1 atom stereocenters. The second kappa shape index (κ2) is 6.79. The molecule has 1 saturated carbocycles. The molecule has 4 heterocycles. The standard InChI is InChI=1S/C23H24N6O/c24-8-15-1-4-20-19(7-15)16(9-25-20)11-29-6-5-23(13-29)14-30-12-17-10-26-22(28-21(17)23)27-18-2-3-18/h1,4,7,9-10,18,25H,2-3,5-6,11-14H2,(H,26,27,28)/t23-/m0/s1. The first-order chi connectivity index (χ1) is 14.7.